The highest BCUT2D eigenvalue weighted by Gasteiger charge is 2.23. The van der Waals surface area contributed by atoms with Gasteiger partial charge < -0.3 is 9.84 Å². The van der Waals surface area contributed by atoms with Crippen LogP contribution >= 0.6 is 0 Å². The van der Waals surface area contributed by atoms with E-state index in [1.165, 1.54) is 6.07 Å². The van der Waals surface area contributed by atoms with Crippen molar-refractivity contribution in [1.82, 2.24) is 4.90 Å². The van der Waals surface area contributed by atoms with E-state index >= 15 is 0 Å². The molecule has 6 heteroatoms. The molecule has 6 nitrogen and oxygen atoms in total. The van der Waals surface area contributed by atoms with Gasteiger partial charge in [0.05, 0.1) is 12.0 Å². The first-order chi connectivity index (χ1) is 9.63. The smallest absolute Gasteiger partial charge is 0.270 e. The number of ether oxygens (including phenoxy) is 1. The second-order valence-electron chi connectivity index (χ2n) is 5.16. The lowest BCUT2D eigenvalue weighted by Gasteiger charge is -2.17. The minimum absolute atomic E-state index is 0.0897. The molecule has 0 radical (unpaired) electrons. The van der Waals surface area contributed by atoms with Crippen molar-refractivity contribution in [2.45, 2.75) is 19.4 Å². The van der Waals surface area contributed by atoms with Crippen molar-refractivity contribution in [3.05, 3.63) is 33.9 Å². The molecule has 20 heavy (non-hydrogen) atoms. The molecular formula is C14H20N2O4. The summed E-state index contributed by atoms with van der Waals surface area (Å²) in [5, 5.41) is 19.8. The van der Waals surface area contributed by atoms with E-state index in [1.807, 2.05) is 0 Å². The highest BCUT2D eigenvalue weighted by atomic mass is 16.6. The maximum atomic E-state index is 10.9. The van der Waals surface area contributed by atoms with Crippen LogP contribution in [0.3, 0.4) is 0 Å². The predicted molar refractivity (Wildman–Crippen MR) is 74.7 cm³/mol. The number of nitro groups is 1. The molecule has 1 aliphatic heterocycles. The van der Waals surface area contributed by atoms with Gasteiger partial charge in [0, 0.05) is 37.4 Å². The first-order valence-corrected chi connectivity index (χ1v) is 6.78. The minimum atomic E-state index is -0.387. The molecule has 0 saturated carbocycles. The van der Waals surface area contributed by atoms with E-state index in [1.54, 1.807) is 19.2 Å². The summed E-state index contributed by atoms with van der Waals surface area (Å²) < 4.78 is 5.28. The minimum Gasteiger partial charge on any atom is -0.496 e. The molecular weight excluding hydrogens is 260 g/mol. The third-order valence-electron chi connectivity index (χ3n) is 3.78. The average Bonchev–Trinajstić information content (AvgIpc) is 2.86. The van der Waals surface area contributed by atoms with Crippen molar-refractivity contribution in [3.8, 4) is 5.75 Å². The predicted octanol–water partition coefficient (Wildman–Crippen LogP) is 1.81. The Balaban J connectivity index is 2.08. The largest absolute Gasteiger partial charge is 0.496 e. The van der Waals surface area contributed by atoms with Crippen LogP contribution in [0.25, 0.3) is 0 Å². The van der Waals surface area contributed by atoms with E-state index < -0.39 is 0 Å². The normalized spacial score (nSPS) is 19.2. The van der Waals surface area contributed by atoms with Gasteiger partial charge in [0.15, 0.2) is 0 Å². The van der Waals surface area contributed by atoms with E-state index in [4.69, 9.17) is 9.84 Å². The summed E-state index contributed by atoms with van der Waals surface area (Å²) in [5.41, 5.74) is 0.929. The Kier molecular flexibility index (Phi) is 4.92. The lowest BCUT2D eigenvalue weighted by Crippen LogP contribution is -2.20. The van der Waals surface area contributed by atoms with Gasteiger partial charge in [-0.15, -0.1) is 0 Å². The van der Waals surface area contributed by atoms with E-state index in [9.17, 15) is 10.1 Å². The van der Waals surface area contributed by atoms with E-state index in [0.717, 1.165) is 31.5 Å². The number of methoxy groups -OCH3 is 1. The first-order valence-electron chi connectivity index (χ1n) is 6.78. The van der Waals surface area contributed by atoms with Crippen molar-refractivity contribution in [3.63, 3.8) is 0 Å². The third-order valence-corrected chi connectivity index (χ3v) is 3.78. The van der Waals surface area contributed by atoms with Crippen LogP contribution in [-0.4, -0.2) is 41.7 Å². The van der Waals surface area contributed by atoms with Crippen LogP contribution in [0.1, 0.15) is 18.4 Å². The van der Waals surface area contributed by atoms with Gasteiger partial charge in [0.25, 0.3) is 5.69 Å². The molecule has 1 heterocycles. The molecule has 0 spiro atoms. The molecule has 1 aromatic rings. The fourth-order valence-corrected chi connectivity index (χ4v) is 2.72. The molecule has 2 rings (SSSR count). The fraction of sp³-hybridized carbons (Fsp3) is 0.571. The number of likely N-dealkylation sites (tertiary alicyclic amines) is 1. The molecule has 1 N–H and O–H groups in total. The SMILES string of the molecule is COc1ccc([N+](=O)[O-])cc1CN1CCC(CCO)C1. The molecule has 0 bridgehead atoms. The van der Waals surface area contributed by atoms with Crippen molar-refractivity contribution >= 4 is 5.69 Å². The molecule has 1 aromatic carbocycles. The summed E-state index contributed by atoms with van der Waals surface area (Å²) in [4.78, 5) is 12.7. The van der Waals surface area contributed by atoms with Crippen LogP contribution in [0.15, 0.2) is 18.2 Å². The number of nitrogens with zero attached hydrogens (tertiary/aromatic N) is 2. The maximum absolute atomic E-state index is 10.9. The number of aliphatic hydroxyl groups is 1. The molecule has 1 saturated heterocycles. The van der Waals surface area contributed by atoms with Crippen LogP contribution < -0.4 is 4.74 Å². The summed E-state index contributed by atoms with van der Waals surface area (Å²) >= 11 is 0. The second-order valence-corrected chi connectivity index (χ2v) is 5.16. The molecule has 0 aromatic heterocycles. The number of nitro benzene ring substituents is 1. The molecule has 1 unspecified atom stereocenters. The van der Waals surface area contributed by atoms with E-state index in [-0.39, 0.29) is 17.2 Å². The van der Waals surface area contributed by atoms with Crippen molar-refractivity contribution in [2.75, 3.05) is 26.8 Å². The number of rotatable bonds is 6. The van der Waals surface area contributed by atoms with Crippen LogP contribution in [0.5, 0.6) is 5.75 Å². The molecule has 1 fully saturated rings. The summed E-state index contributed by atoms with van der Waals surface area (Å²) in [6.45, 7) is 2.74. The summed E-state index contributed by atoms with van der Waals surface area (Å²) in [5.74, 6) is 1.20. The molecule has 1 aliphatic rings. The van der Waals surface area contributed by atoms with Gasteiger partial charge >= 0.3 is 0 Å². The zero-order chi connectivity index (χ0) is 14.5. The first kappa shape index (κ1) is 14.7. The summed E-state index contributed by atoms with van der Waals surface area (Å²) in [6, 6.07) is 4.69. The van der Waals surface area contributed by atoms with E-state index in [2.05, 4.69) is 4.90 Å². The van der Waals surface area contributed by atoms with Crippen LogP contribution in [-0.2, 0) is 6.54 Å². The number of aliphatic hydroxyl groups excluding tert-OH is 1. The van der Waals surface area contributed by atoms with Crippen molar-refractivity contribution in [2.24, 2.45) is 5.92 Å². The molecule has 1 atom stereocenters. The number of hydrogen-bond acceptors (Lipinski definition) is 5. The third kappa shape index (κ3) is 3.46. The number of hydrogen-bond donors (Lipinski definition) is 1. The Hall–Kier alpha value is -1.66. The zero-order valence-electron chi connectivity index (χ0n) is 11.6. The molecule has 0 aliphatic carbocycles. The Morgan fingerprint density at radius 3 is 3.00 bits per heavy atom. The zero-order valence-corrected chi connectivity index (χ0v) is 11.6. The van der Waals surface area contributed by atoms with Gasteiger partial charge in [0.2, 0.25) is 0 Å². The van der Waals surface area contributed by atoms with E-state index in [0.29, 0.717) is 18.2 Å². The maximum Gasteiger partial charge on any atom is 0.270 e. The highest BCUT2D eigenvalue weighted by Crippen LogP contribution is 2.28. The number of non-ortho nitro benzene ring substituents is 1. The lowest BCUT2D eigenvalue weighted by molar-refractivity contribution is -0.384. The highest BCUT2D eigenvalue weighted by molar-refractivity contribution is 5.43. The van der Waals surface area contributed by atoms with Gasteiger partial charge in [-0.25, -0.2) is 0 Å². The van der Waals surface area contributed by atoms with Crippen LogP contribution in [0, 0.1) is 16.0 Å². The van der Waals surface area contributed by atoms with Gasteiger partial charge in [-0.3, -0.25) is 15.0 Å². The van der Waals surface area contributed by atoms with Crippen LogP contribution in [0.4, 0.5) is 5.69 Å². The molecule has 110 valence electrons. The van der Waals surface area contributed by atoms with Gasteiger partial charge in [0.1, 0.15) is 5.75 Å². The standard InChI is InChI=1S/C14H20N2O4/c1-20-14-3-2-13(16(18)19)8-12(14)10-15-6-4-11(9-15)5-7-17/h2-3,8,11,17H,4-7,9-10H2,1H3. The number of benzene rings is 1. The van der Waals surface area contributed by atoms with Gasteiger partial charge in [-0.2, -0.15) is 0 Å². The second kappa shape index (κ2) is 6.67. The lowest BCUT2D eigenvalue weighted by atomic mass is 10.1. The quantitative estimate of drug-likeness (QED) is 0.635. The van der Waals surface area contributed by atoms with Crippen molar-refractivity contribution in [1.29, 1.82) is 0 Å². The Morgan fingerprint density at radius 2 is 2.35 bits per heavy atom. The van der Waals surface area contributed by atoms with Crippen molar-refractivity contribution < 1.29 is 14.8 Å². The average molecular weight is 280 g/mol. The summed E-state index contributed by atoms with van der Waals surface area (Å²) in [7, 11) is 1.57. The fourth-order valence-electron chi connectivity index (χ4n) is 2.72. The monoisotopic (exact) mass is 280 g/mol. The Bertz CT molecular complexity index is 478. The van der Waals surface area contributed by atoms with Gasteiger partial charge in [-0.1, -0.05) is 0 Å². The Morgan fingerprint density at radius 1 is 1.55 bits per heavy atom. The topological polar surface area (TPSA) is 75.8 Å². The molecule has 0 amide bonds. The Labute approximate surface area is 118 Å². The van der Waals surface area contributed by atoms with Gasteiger partial charge in [-0.05, 0) is 31.4 Å². The summed E-state index contributed by atoms with van der Waals surface area (Å²) in [6.07, 6.45) is 1.89. The van der Waals surface area contributed by atoms with Crippen LogP contribution in [0.2, 0.25) is 0 Å².